The van der Waals surface area contributed by atoms with Crippen molar-refractivity contribution in [2.75, 3.05) is 50.6 Å². The fourth-order valence-corrected chi connectivity index (χ4v) is 8.38. The number of hydrogen-bond donors (Lipinski definition) is 4. The fourth-order valence-electron chi connectivity index (χ4n) is 6.83. The molecule has 2 fully saturated rings. The number of hydrogen-bond acceptors (Lipinski definition) is 8. The molecule has 3 aliphatic heterocycles. The molecule has 0 aromatic carbocycles. The molecule has 4 aromatic heterocycles. The number of thioether (sulfide) groups is 1. The van der Waals surface area contributed by atoms with E-state index >= 15 is 0 Å². The van der Waals surface area contributed by atoms with Crippen molar-refractivity contribution < 1.29 is 28.2 Å². The van der Waals surface area contributed by atoms with Crippen LogP contribution in [0.2, 0.25) is 0 Å². The van der Waals surface area contributed by atoms with E-state index in [4.69, 9.17) is 19.4 Å². The summed E-state index contributed by atoms with van der Waals surface area (Å²) in [6, 6.07) is 10.8. The van der Waals surface area contributed by atoms with Crippen molar-refractivity contribution >= 4 is 29.4 Å². The number of imidazole rings is 2. The number of carbonyl (C=O) groups excluding carboxylic acids is 2. The highest BCUT2D eigenvalue weighted by Crippen LogP contribution is 2.33. The van der Waals surface area contributed by atoms with E-state index in [2.05, 4.69) is 107 Å². The highest BCUT2D eigenvalue weighted by Gasteiger charge is 2.42. The first-order chi connectivity index (χ1) is 25.0. The number of anilines is 1. The van der Waals surface area contributed by atoms with E-state index in [9.17, 15) is 9.59 Å². The summed E-state index contributed by atoms with van der Waals surface area (Å²) in [5.41, 5.74) is 5.03. The standard InChI is InChI=1S/C36H46N10O4S/c47-34(7-2-1-6-33-35-32(24-51-33)41-36(48)42-35)38-9-15-50-17-16-49-14-8-37-29-18-30-22-45-12-10-43(25-45)20-27-4-3-5-28(39-27)21-44-11-13-46(26-44)23-31(19-29)40-30/h3-5,10-13,18-19,25-26,32-33,35H,1-2,6-9,14-17,20-24H2,(H2-2,37,38,40,41,42,47,48)/p+2/t32-,33?,35-/m1/s1. The molecule has 8 bridgehead atoms. The van der Waals surface area contributed by atoms with E-state index in [0.29, 0.717) is 77.4 Å². The Hall–Kier alpha value is -4.47. The summed E-state index contributed by atoms with van der Waals surface area (Å²) in [7, 11) is 0. The van der Waals surface area contributed by atoms with Gasteiger partial charge in [0.15, 0.2) is 0 Å². The van der Waals surface area contributed by atoms with E-state index in [1.54, 1.807) is 0 Å². The Kier molecular flexibility index (Phi) is 11.8. The lowest BCUT2D eigenvalue weighted by molar-refractivity contribution is -0.689. The van der Waals surface area contributed by atoms with Crippen molar-refractivity contribution in [2.45, 2.75) is 69.2 Å². The largest absolute Gasteiger partial charge is 0.383 e. The first-order valence-corrected chi connectivity index (χ1v) is 19.0. The summed E-state index contributed by atoms with van der Waals surface area (Å²) >= 11 is 1.91. The van der Waals surface area contributed by atoms with Gasteiger partial charge in [0.05, 0.1) is 61.3 Å². The highest BCUT2D eigenvalue weighted by atomic mass is 32.2. The van der Waals surface area contributed by atoms with Crippen LogP contribution in [-0.2, 0) is 40.4 Å². The molecule has 15 heteroatoms. The van der Waals surface area contributed by atoms with Crippen LogP contribution in [0.1, 0.15) is 48.5 Å². The molecular formula is C36H48N10O4S+2. The minimum Gasteiger partial charge on any atom is -0.383 e. The van der Waals surface area contributed by atoms with Crippen molar-refractivity contribution in [3.63, 3.8) is 0 Å². The van der Waals surface area contributed by atoms with E-state index in [-0.39, 0.29) is 24.0 Å². The van der Waals surface area contributed by atoms with Crippen LogP contribution in [0.5, 0.6) is 0 Å². The van der Waals surface area contributed by atoms with Crippen molar-refractivity contribution in [1.82, 2.24) is 35.1 Å². The van der Waals surface area contributed by atoms with Crippen LogP contribution in [0.25, 0.3) is 0 Å². The lowest BCUT2D eigenvalue weighted by Gasteiger charge is -2.16. The molecule has 0 radical (unpaired) electrons. The molecule has 2 saturated heterocycles. The number of nitrogens with zero attached hydrogens (tertiary/aromatic N) is 6. The van der Waals surface area contributed by atoms with Crippen LogP contribution in [0.4, 0.5) is 10.5 Å². The van der Waals surface area contributed by atoms with Gasteiger partial charge >= 0.3 is 6.03 Å². The third-order valence-electron chi connectivity index (χ3n) is 9.26. The van der Waals surface area contributed by atoms with Crippen LogP contribution < -0.4 is 30.4 Å². The summed E-state index contributed by atoms with van der Waals surface area (Å²) in [5.74, 6) is 1.02. The molecule has 0 spiro atoms. The average molecular weight is 717 g/mol. The van der Waals surface area contributed by atoms with Crippen LogP contribution in [0.3, 0.4) is 0 Å². The van der Waals surface area contributed by atoms with Gasteiger partial charge in [-0.1, -0.05) is 12.5 Å². The molecule has 14 nitrogen and oxygen atoms in total. The van der Waals surface area contributed by atoms with E-state index in [0.717, 1.165) is 53.5 Å². The van der Waals surface area contributed by atoms with E-state index < -0.39 is 0 Å². The molecule has 51 heavy (non-hydrogen) atoms. The number of fused-ring (bicyclic) bond motifs is 9. The zero-order valence-corrected chi connectivity index (χ0v) is 29.7. The maximum absolute atomic E-state index is 12.2. The van der Waals surface area contributed by atoms with Gasteiger partial charge in [0.2, 0.25) is 18.6 Å². The Morgan fingerprint density at radius 1 is 0.882 bits per heavy atom. The fraction of sp³-hybridized carbons (Fsp3) is 0.500. The molecule has 270 valence electrons. The lowest BCUT2D eigenvalue weighted by Crippen LogP contribution is -2.36. The van der Waals surface area contributed by atoms with Crippen LogP contribution >= 0.6 is 11.8 Å². The number of nitrogens with one attached hydrogen (secondary N) is 4. The molecule has 0 aliphatic carbocycles. The molecule has 3 atom stereocenters. The van der Waals surface area contributed by atoms with E-state index in [1.807, 2.05) is 11.8 Å². The monoisotopic (exact) mass is 716 g/mol. The number of carbonyl (C=O) groups is 2. The predicted molar refractivity (Wildman–Crippen MR) is 191 cm³/mol. The van der Waals surface area contributed by atoms with Gasteiger partial charge in [-0.15, -0.1) is 0 Å². The van der Waals surface area contributed by atoms with Crippen molar-refractivity contribution in [3.8, 4) is 0 Å². The summed E-state index contributed by atoms with van der Waals surface area (Å²) in [4.78, 5) is 33.6. The minimum absolute atomic E-state index is 0.0539. The van der Waals surface area contributed by atoms with Crippen molar-refractivity contribution in [2.24, 2.45) is 0 Å². The molecule has 4 N–H and O–H groups in total. The Morgan fingerprint density at radius 2 is 1.55 bits per heavy atom. The lowest BCUT2D eigenvalue weighted by atomic mass is 10.0. The Morgan fingerprint density at radius 3 is 2.25 bits per heavy atom. The van der Waals surface area contributed by atoms with Crippen molar-refractivity contribution in [3.05, 3.63) is 90.5 Å². The third kappa shape index (κ3) is 10.1. The van der Waals surface area contributed by atoms with Crippen LogP contribution in [0, 0.1) is 0 Å². The normalized spacial score (nSPS) is 19.3. The molecule has 3 amide bonds. The summed E-state index contributed by atoms with van der Waals surface area (Å²) in [5, 5.41) is 12.9. The molecule has 1 unspecified atom stereocenters. The van der Waals surface area contributed by atoms with Gasteiger partial charge in [0.1, 0.15) is 51.0 Å². The number of aromatic nitrogens is 6. The molecule has 4 aromatic rings. The van der Waals surface area contributed by atoms with Crippen LogP contribution in [0.15, 0.2) is 67.8 Å². The number of ether oxygens (including phenoxy) is 2. The molecule has 7 heterocycles. The quantitative estimate of drug-likeness (QED) is 0.0725. The number of pyridine rings is 2. The van der Waals surface area contributed by atoms with E-state index in [1.165, 1.54) is 0 Å². The van der Waals surface area contributed by atoms with Gasteiger partial charge in [-0.2, -0.15) is 11.8 Å². The third-order valence-corrected chi connectivity index (χ3v) is 10.8. The summed E-state index contributed by atoms with van der Waals surface area (Å²) in [6.45, 7) is 5.83. The molecule has 0 saturated carbocycles. The maximum atomic E-state index is 12.2. The first-order valence-electron chi connectivity index (χ1n) is 17.9. The average Bonchev–Trinajstić information content (AvgIpc) is 3.90. The zero-order valence-electron chi connectivity index (χ0n) is 28.9. The maximum Gasteiger partial charge on any atom is 0.315 e. The Bertz CT molecular complexity index is 1700. The van der Waals surface area contributed by atoms with Crippen LogP contribution in [-0.4, -0.2) is 93.6 Å². The van der Waals surface area contributed by atoms with Gasteiger partial charge in [-0.05, 0) is 37.1 Å². The highest BCUT2D eigenvalue weighted by molar-refractivity contribution is 8.00. The molecule has 7 rings (SSSR count). The minimum atomic E-state index is -0.0551. The topological polar surface area (TPSA) is 144 Å². The van der Waals surface area contributed by atoms with Crippen molar-refractivity contribution in [1.29, 1.82) is 0 Å². The number of urea groups is 1. The second-order valence-electron chi connectivity index (χ2n) is 13.3. The zero-order chi connectivity index (χ0) is 34.8. The first kappa shape index (κ1) is 35.0. The number of unbranched alkanes of at least 4 members (excludes halogenated alkanes) is 1. The smallest absolute Gasteiger partial charge is 0.315 e. The Balaban J connectivity index is 0.790. The number of amides is 3. The molecular weight excluding hydrogens is 669 g/mol. The number of rotatable bonds is 15. The second kappa shape index (κ2) is 17.2. The van der Waals surface area contributed by atoms with Gasteiger partial charge in [0.25, 0.3) is 0 Å². The summed E-state index contributed by atoms with van der Waals surface area (Å²) in [6.07, 6.45) is 15.8. The predicted octanol–water partition coefficient (Wildman–Crippen LogP) is 1.45. The van der Waals surface area contributed by atoms with Gasteiger partial charge in [-0.25, -0.2) is 33.0 Å². The van der Waals surface area contributed by atoms with Gasteiger partial charge < -0.3 is 30.7 Å². The second-order valence-corrected chi connectivity index (χ2v) is 14.6. The molecule has 3 aliphatic rings. The summed E-state index contributed by atoms with van der Waals surface area (Å²) < 4.78 is 20.0. The van der Waals surface area contributed by atoms with Gasteiger partial charge in [0, 0.05) is 36.2 Å². The SMILES string of the molecule is O=C(CCCCC1SC[C@H]2NC(=O)N[C@@H]12)NCCOCCOCCNc1cc2nc(c1)C[n+]1ccn(c1)Cc1cccc(n1)Cn1cc[n+](c1)C2. The van der Waals surface area contributed by atoms with Gasteiger partial charge in [-0.3, -0.25) is 4.79 Å². The Labute approximate surface area is 302 Å².